The zero-order valence-corrected chi connectivity index (χ0v) is 18.9. The summed E-state index contributed by atoms with van der Waals surface area (Å²) in [4.78, 5) is 26.2. The number of H-pyrrole nitrogens is 1. The van der Waals surface area contributed by atoms with Gasteiger partial charge in [0, 0.05) is 43.7 Å². The lowest BCUT2D eigenvalue weighted by Crippen LogP contribution is -2.29. The van der Waals surface area contributed by atoms with Gasteiger partial charge in [-0.25, -0.2) is 23.5 Å². The van der Waals surface area contributed by atoms with Crippen LogP contribution in [0.25, 0.3) is 11.3 Å². The molecule has 0 bridgehead atoms. The highest BCUT2D eigenvalue weighted by Crippen LogP contribution is 2.25. The molecule has 0 aliphatic rings. The fourth-order valence-corrected chi connectivity index (χ4v) is 3.21. The number of anilines is 1. The van der Waals surface area contributed by atoms with E-state index in [4.69, 9.17) is 4.74 Å². The number of aryl methyl sites for hydroxylation is 1. The molecule has 3 aromatic rings. The third-order valence-corrected chi connectivity index (χ3v) is 5.13. The van der Waals surface area contributed by atoms with E-state index >= 15 is 0 Å². The number of ether oxygens (including phenoxy) is 1. The molecular weight excluding hydrogens is 430 g/mol. The molecule has 0 aliphatic carbocycles. The molecule has 0 saturated carbocycles. The summed E-state index contributed by atoms with van der Waals surface area (Å²) in [6.45, 7) is 9.73. The SMILES string of the molecule is CCN(CC)CCNc1ncc(C)c(-c2c[nH]c(OC(=O)NCc3ccc(F)c(F)c3)c2)n1. The Balaban J connectivity index is 1.58. The van der Waals surface area contributed by atoms with Gasteiger partial charge in [-0.05, 0) is 43.3 Å². The molecule has 3 rings (SSSR count). The maximum Gasteiger partial charge on any atom is 0.414 e. The lowest BCUT2D eigenvalue weighted by molar-refractivity contribution is 0.198. The molecule has 2 heterocycles. The first-order valence-corrected chi connectivity index (χ1v) is 10.8. The van der Waals surface area contributed by atoms with Crippen molar-refractivity contribution >= 4 is 12.0 Å². The van der Waals surface area contributed by atoms with Crippen molar-refractivity contribution < 1.29 is 18.3 Å². The molecule has 1 aromatic carbocycles. The maximum absolute atomic E-state index is 13.3. The van der Waals surface area contributed by atoms with Crippen molar-refractivity contribution in [1.29, 1.82) is 0 Å². The molecule has 10 heteroatoms. The number of aromatic amines is 1. The zero-order valence-electron chi connectivity index (χ0n) is 18.9. The minimum absolute atomic E-state index is 0.00284. The second kappa shape index (κ2) is 11.4. The second-order valence-electron chi connectivity index (χ2n) is 7.42. The number of nitrogens with one attached hydrogen (secondary N) is 3. The van der Waals surface area contributed by atoms with Crippen LogP contribution in [0.4, 0.5) is 19.5 Å². The largest absolute Gasteiger partial charge is 0.414 e. The number of rotatable bonds is 10. The highest BCUT2D eigenvalue weighted by Gasteiger charge is 2.12. The minimum Gasteiger partial charge on any atom is -0.393 e. The Bertz CT molecular complexity index is 1080. The van der Waals surface area contributed by atoms with E-state index in [9.17, 15) is 13.6 Å². The zero-order chi connectivity index (χ0) is 23.8. The van der Waals surface area contributed by atoms with Gasteiger partial charge in [0.05, 0.1) is 5.69 Å². The number of halogens is 2. The number of benzene rings is 1. The van der Waals surface area contributed by atoms with E-state index in [2.05, 4.69) is 44.3 Å². The molecule has 2 aromatic heterocycles. The number of amides is 1. The van der Waals surface area contributed by atoms with Gasteiger partial charge in [0.15, 0.2) is 11.6 Å². The summed E-state index contributed by atoms with van der Waals surface area (Å²) in [5, 5.41) is 5.74. The van der Waals surface area contributed by atoms with Gasteiger partial charge in [-0.3, -0.25) is 0 Å². The molecule has 0 unspecified atom stereocenters. The second-order valence-corrected chi connectivity index (χ2v) is 7.42. The lowest BCUT2D eigenvalue weighted by atomic mass is 10.1. The number of hydrogen-bond donors (Lipinski definition) is 3. The van der Waals surface area contributed by atoms with Crippen LogP contribution in [0.5, 0.6) is 5.88 Å². The van der Waals surface area contributed by atoms with Crippen LogP contribution in [0.2, 0.25) is 0 Å². The number of aromatic nitrogens is 3. The molecule has 0 saturated heterocycles. The van der Waals surface area contributed by atoms with Gasteiger partial charge in [-0.15, -0.1) is 0 Å². The van der Waals surface area contributed by atoms with Gasteiger partial charge < -0.3 is 25.3 Å². The van der Waals surface area contributed by atoms with Crippen molar-refractivity contribution in [2.45, 2.75) is 27.3 Å². The fraction of sp³-hybridized carbons (Fsp3) is 0.348. The van der Waals surface area contributed by atoms with Crippen LogP contribution in [0.15, 0.2) is 36.7 Å². The molecule has 0 spiro atoms. The van der Waals surface area contributed by atoms with Gasteiger partial charge >= 0.3 is 6.09 Å². The first-order chi connectivity index (χ1) is 15.9. The van der Waals surface area contributed by atoms with Crippen LogP contribution in [0, 0.1) is 18.6 Å². The van der Waals surface area contributed by atoms with Crippen molar-refractivity contribution in [3.63, 3.8) is 0 Å². The number of likely N-dealkylation sites (N-methyl/N-ethyl adjacent to an activating group) is 1. The van der Waals surface area contributed by atoms with Gasteiger partial charge in [0.1, 0.15) is 0 Å². The quantitative estimate of drug-likeness (QED) is 0.423. The van der Waals surface area contributed by atoms with E-state index in [0.29, 0.717) is 17.2 Å². The van der Waals surface area contributed by atoms with Crippen molar-refractivity contribution in [1.82, 2.24) is 25.2 Å². The Labute approximate surface area is 191 Å². The van der Waals surface area contributed by atoms with E-state index in [1.807, 2.05) is 6.92 Å². The third kappa shape index (κ3) is 6.72. The molecule has 33 heavy (non-hydrogen) atoms. The highest BCUT2D eigenvalue weighted by atomic mass is 19.2. The van der Waals surface area contributed by atoms with Crippen molar-refractivity contribution in [2.75, 3.05) is 31.5 Å². The van der Waals surface area contributed by atoms with Crippen molar-refractivity contribution in [2.24, 2.45) is 0 Å². The van der Waals surface area contributed by atoms with Crippen LogP contribution in [0.1, 0.15) is 25.0 Å². The summed E-state index contributed by atoms with van der Waals surface area (Å²) in [7, 11) is 0. The van der Waals surface area contributed by atoms with E-state index < -0.39 is 17.7 Å². The molecular formula is C23H28F2N6O2. The maximum atomic E-state index is 13.3. The average Bonchev–Trinajstić information content (AvgIpc) is 3.26. The summed E-state index contributed by atoms with van der Waals surface area (Å²) in [5.41, 5.74) is 2.74. The number of carbonyl (C=O) groups excluding carboxylic acids is 1. The monoisotopic (exact) mass is 458 g/mol. The van der Waals surface area contributed by atoms with Crippen LogP contribution < -0.4 is 15.4 Å². The molecule has 0 atom stereocenters. The van der Waals surface area contributed by atoms with Gasteiger partial charge in [0.25, 0.3) is 0 Å². The number of carbonyl (C=O) groups is 1. The third-order valence-electron chi connectivity index (χ3n) is 5.13. The summed E-state index contributed by atoms with van der Waals surface area (Å²) < 4.78 is 31.5. The van der Waals surface area contributed by atoms with E-state index in [1.54, 1.807) is 18.5 Å². The Hall–Kier alpha value is -3.53. The Kier molecular flexibility index (Phi) is 8.31. The number of hydrogen-bond acceptors (Lipinski definition) is 6. The normalized spacial score (nSPS) is 11.0. The van der Waals surface area contributed by atoms with Crippen molar-refractivity contribution in [3.05, 3.63) is 59.4 Å². The van der Waals surface area contributed by atoms with E-state index in [-0.39, 0.29) is 12.4 Å². The Morgan fingerprint density at radius 1 is 1.18 bits per heavy atom. The summed E-state index contributed by atoms with van der Waals surface area (Å²) >= 11 is 0. The first kappa shape index (κ1) is 24.1. The predicted molar refractivity (Wildman–Crippen MR) is 122 cm³/mol. The summed E-state index contributed by atoms with van der Waals surface area (Å²) in [6, 6.07) is 5.07. The standard InChI is InChI=1S/C23H28F2N6O2/c1-4-31(5-2)9-8-26-22-28-12-15(3)21(30-22)17-11-20(27-14-17)33-23(32)29-13-16-6-7-18(24)19(25)10-16/h6-7,10-12,14,27H,4-5,8-9,13H2,1-3H3,(H,29,32)(H,26,28,30). The summed E-state index contributed by atoms with van der Waals surface area (Å²) in [6.07, 6.45) is 2.70. The topological polar surface area (TPSA) is 95.2 Å². The fourth-order valence-electron chi connectivity index (χ4n) is 3.21. The molecule has 176 valence electrons. The van der Waals surface area contributed by atoms with Gasteiger partial charge in [0.2, 0.25) is 11.8 Å². The average molecular weight is 459 g/mol. The number of nitrogens with zero attached hydrogens (tertiary/aromatic N) is 3. The van der Waals surface area contributed by atoms with Crippen LogP contribution in [0.3, 0.4) is 0 Å². The van der Waals surface area contributed by atoms with Crippen LogP contribution >= 0.6 is 0 Å². The molecule has 0 fully saturated rings. The first-order valence-electron chi connectivity index (χ1n) is 10.8. The molecule has 3 N–H and O–H groups in total. The van der Waals surface area contributed by atoms with Gasteiger partial charge in [-0.1, -0.05) is 19.9 Å². The van der Waals surface area contributed by atoms with Crippen LogP contribution in [-0.2, 0) is 6.54 Å². The molecule has 8 nitrogen and oxygen atoms in total. The summed E-state index contributed by atoms with van der Waals surface area (Å²) in [5.74, 6) is -1.17. The predicted octanol–water partition coefficient (Wildman–Crippen LogP) is 4.10. The van der Waals surface area contributed by atoms with Gasteiger partial charge in [-0.2, -0.15) is 0 Å². The van der Waals surface area contributed by atoms with E-state index in [1.165, 1.54) is 6.07 Å². The minimum atomic E-state index is -0.973. The van der Waals surface area contributed by atoms with Crippen molar-refractivity contribution in [3.8, 4) is 17.1 Å². The Morgan fingerprint density at radius 3 is 2.70 bits per heavy atom. The Morgan fingerprint density at radius 2 is 1.97 bits per heavy atom. The molecule has 1 amide bonds. The molecule has 0 aliphatic heterocycles. The smallest absolute Gasteiger partial charge is 0.393 e. The highest BCUT2D eigenvalue weighted by molar-refractivity contribution is 5.71. The van der Waals surface area contributed by atoms with E-state index in [0.717, 1.165) is 49.4 Å². The van der Waals surface area contributed by atoms with Crippen LogP contribution in [-0.4, -0.2) is 52.1 Å². The molecule has 0 radical (unpaired) electrons. The lowest BCUT2D eigenvalue weighted by Gasteiger charge is -2.18.